The standard InChI is InChI=1S/C14H7F5N2/c15-11-3-1-2-9(13(11)16)12-6-8(4-5-20)10(7-21-12)14(17,18)19/h1-3,6-7H,4H2. The highest BCUT2D eigenvalue weighted by Crippen LogP contribution is 2.34. The number of nitrogens with zero attached hydrogens (tertiary/aromatic N) is 2. The van der Waals surface area contributed by atoms with Crippen LogP contribution in [0.1, 0.15) is 11.1 Å². The van der Waals surface area contributed by atoms with Crippen LogP contribution >= 0.6 is 0 Å². The molecule has 0 saturated heterocycles. The first kappa shape index (κ1) is 14.9. The quantitative estimate of drug-likeness (QED) is 0.782. The molecule has 0 aliphatic carbocycles. The van der Waals surface area contributed by atoms with Gasteiger partial charge in [0.05, 0.1) is 23.7 Å². The minimum atomic E-state index is -4.67. The van der Waals surface area contributed by atoms with Gasteiger partial charge in [0, 0.05) is 11.8 Å². The van der Waals surface area contributed by atoms with Crippen LogP contribution in [0.2, 0.25) is 0 Å². The van der Waals surface area contributed by atoms with Crippen molar-refractivity contribution in [2.24, 2.45) is 0 Å². The van der Waals surface area contributed by atoms with E-state index >= 15 is 0 Å². The van der Waals surface area contributed by atoms with Crippen LogP contribution in [0.25, 0.3) is 11.3 Å². The number of hydrogen-bond acceptors (Lipinski definition) is 2. The average molecular weight is 298 g/mol. The fourth-order valence-electron chi connectivity index (χ4n) is 1.83. The average Bonchev–Trinajstić information content (AvgIpc) is 2.41. The van der Waals surface area contributed by atoms with Gasteiger partial charge in [0.2, 0.25) is 0 Å². The summed E-state index contributed by atoms with van der Waals surface area (Å²) in [5.74, 6) is -2.33. The minimum Gasteiger partial charge on any atom is -0.256 e. The van der Waals surface area contributed by atoms with Gasteiger partial charge in [0.1, 0.15) is 0 Å². The van der Waals surface area contributed by atoms with E-state index in [1.54, 1.807) is 6.07 Å². The molecule has 0 aliphatic heterocycles. The van der Waals surface area contributed by atoms with Crippen molar-refractivity contribution in [2.75, 3.05) is 0 Å². The van der Waals surface area contributed by atoms with Crippen LogP contribution in [0.3, 0.4) is 0 Å². The van der Waals surface area contributed by atoms with E-state index in [4.69, 9.17) is 5.26 Å². The highest BCUT2D eigenvalue weighted by Gasteiger charge is 2.34. The van der Waals surface area contributed by atoms with Gasteiger partial charge < -0.3 is 0 Å². The minimum absolute atomic E-state index is 0.162. The zero-order chi connectivity index (χ0) is 15.6. The van der Waals surface area contributed by atoms with Crippen LogP contribution in [0.4, 0.5) is 22.0 Å². The lowest BCUT2D eigenvalue weighted by Gasteiger charge is -2.12. The zero-order valence-electron chi connectivity index (χ0n) is 10.4. The van der Waals surface area contributed by atoms with E-state index in [1.165, 1.54) is 12.1 Å². The third-order valence-electron chi connectivity index (χ3n) is 2.79. The van der Waals surface area contributed by atoms with E-state index in [-0.39, 0.29) is 16.8 Å². The lowest BCUT2D eigenvalue weighted by Crippen LogP contribution is -2.10. The summed E-state index contributed by atoms with van der Waals surface area (Å²) in [6.45, 7) is 0. The molecule has 2 rings (SSSR count). The van der Waals surface area contributed by atoms with Crippen LogP contribution in [0, 0.1) is 23.0 Å². The molecular formula is C14H7F5N2. The molecule has 7 heteroatoms. The summed E-state index contributed by atoms with van der Waals surface area (Å²) in [4.78, 5) is 3.52. The monoisotopic (exact) mass is 298 g/mol. The molecule has 1 aromatic carbocycles. The Kier molecular flexibility index (Phi) is 3.89. The molecule has 0 aliphatic rings. The van der Waals surface area contributed by atoms with Crippen molar-refractivity contribution in [2.45, 2.75) is 12.6 Å². The van der Waals surface area contributed by atoms with E-state index in [0.717, 1.165) is 12.1 Å². The number of halogens is 5. The number of alkyl halides is 3. The van der Waals surface area contributed by atoms with Crippen molar-refractivity contribution in [3.05, 3.63) is 53.2 Å². The Hall–Kier alpha value is -2.49. The predicted molar refractivity (Wildman–Crippen MR) is 63.9 cm³/mol. The first-order valence-corrected chi connectivity index (χ1v) is 5.72. The van der Waals surface area contributed by atoms with Gasteiger partial charge in [-0.15, -0.1) is 0 Å². The van der Waals surface area contributed by atoms with Crippen molar-refractivity contribution in [3.63, 3.8) is 0 Å². The van der Waals surface area contributed by atoms with Gasteiger partial charge in [-0.25, -0.2) is 8.78 Å². The van der Waals surface area contributed by atoms with Gasteiger partial charge >= 0.3 is 6.18 Å². The van der Waals surface area contributed by atoms with Crippen LogP contribution in [0.15, 0.2) is 30.5 Å². The normalized spacial score (nSPS) is 11.2. The maximum absolute atomic E-state index is 13.6. The third-order valence-corrected chi connectivity index (χ3v) is 2.79. The number of pyridine rings is 1. The Labute approximate surface area is 116 Å². The van der Waals surface area contributed by atoms with Crippen LogP contribution < -0.4 is 0 Å². The van der Waals surface area contributed by atoms with Crippen molar-refractivity contribution >= 4 is 0 Å². The summed E-state index contributed by atoms with van der Waals surface area (Å²) >= 11 is 0. The van der Waals surface area contributed by atoms with Crippen molar-refractivity contribution < 1.29 is 22.0 Å². The molecule has 0 radical (unpaired) electrons. The van der Waals surface area contributed by atoms with Gasteiger partial charge in [-0.1, -0.05) is 6.07 Å². The maximum atomic E-state index is 13.6. The van der Waals surface area contributed by atoms with Crippen LogP contribution in [-0.4, -0.2) is 4.98 Å². The summed E-state index contributed by atoms with van der Waals surface area (Å²) in [6.07, 6.45) is -4.66. The smallest absolute Gasteiger partial charge is 0.256 e. The maximum Gasteiger partial charge on any atom is 0.418 e. The third kappa shape index (κ3) is 2.99. The molecule has 108 valence electrons. The molecule has 0 unspecified atom stereocenters. The molecule has 21 heavy (non-hydrogen) atoms. The first-order chi connectivity index (χ1) is 9.84. The Morgan fingerprint density at radius 1 is 1.19 bits per heavy atom. The van der Waals surface area contributed by atoms with Gasteiger partial charge in [0.25, 0.3) is 0 Å². The first-order valence-electron chi connectivity index (χ1n) is 5.72. The van der Waals surface area contributed by atoms with Crippen LogP contribution in [-0.2, 0) is 12.6 Å². The van der Waals surface area contributed by atoms with E-state index < -0.39 is 29.8 Å². The summed E-state index contributed by atoms with van der Waals surface area (Å²) in [6, 6.07) is 5.86. The number of hydrogen-bond donors (Lipinski definition) is 0. The molecular weight excluding hydrogens is 291 g/mol. The van der Waals surface area contributed by atoms with E-state index in [0.29, 0.717) is 6.20 Å². The van der Waals surface area contributed by atoms with Crippen molar-refractivity contribution in [1.29, 1.82) is 5.26 Å². The molecule has 0 saturated carbocycles. The molecule has 2 aromatic rings. The lowest BCUT2D eigenvalue weighted by atomic mass is 10.0. The van der Waals surface area contributed by atoms with Gasteiger partial charge in [-0.3, -0.25) is 4.98 Å². The second kappa shape index (κ2) is 5.48. The summed E-state index contributed by atoms with van der Waals surface area (Å²) in [5.41, 5.74) is -1.82. The molecule has 0 fully saturated rings. The molecule has 0 atom stereocenters. The number of benzene rings is 1. The SMILES string of the molecule is N#CCc1cc(-c2cccc(F)c2F)ncc1C(F)(F)F. The molecule has 1 aromatic heterocycles. The molecule has 1 heterocycles. The largest absolute Gasteiger partial charge is 0.418 e. The number of nitriles is 1. The predicted octanol–water partition coefficient (Wildman–Crippen LogP) is 4.11. The van der Waals surface area contributed by atoms with E-state index in [2.05, 4.69) is 4.98 Å². The fourth-order valence-corrected chi connectivity index (χ4v) is 1.83. The highest BCUT2D eigenvalue weighted by molar-refractivity contribution is 5.61. The lowest BCUT2D eigenvalue weighted by molar-refractivity contribution is -0.138. The summed E-state index contributed by atoms with van der Waals surface area (Å²) in [7, 11) is 0. The van der Waals surface area contributed by atoms with Crippen molar-refractivity contribution in [1.82, 2.24) is 4.98 Å². The highest BCUT2D eigenvalue weighted by atomic mass is 19.4. The second-order valence-corrected chi connectivity index (χ2v) is 4.16. The number of rotatable bonds is 2. The molecule has 0 amide bonds. The topological polar surface area (TPSA) is 36.7 Å². The second-order valence-electron chi connectivity index (χ2n) is 4.16. The zero-order valence-corrected chi connectivity index (χ0v) is 10.4. The molecule has 0 N–H and O–H groups in total. The van der Waals surface area contributed by atoms with E-state index in [1.807, 2.05) is 0 Å². The molecule has 2 nitrogen and oxygen atoms in total. The Bertz CT molecular complexity index is 716. The van der Waals surface area contributed by atoms with Gasteiger partial charge in [-0.2, -0.15) is 18.4 Å². The molecule has 0 spiro atoms. The fraction of sp³-hybridized carbons (Fsp3) is 0.143. The van der Waals surface area contributed by atoms with Gasteiger partial charge in [-0.05, 0) is 23.8 Å². The van der Waals surface area contributed by atoms with E-state index in [9.17, 15) is 22.0 Å². The Morgan fingerprint density at radius 3 is 2.52 bits per heavy atom. The Balaban J connectivity index is 2.60. The summed E-state index contributed by atoms with van der Waals surface area (Å²) < 4.78 is 65.1. The van der Waals surface area contributed by atoms with Gasteiger partial charge in [0.15, 0.2) is 11.6 Å². The summed E-state index contributed by atoms with van der Waals surface area (Å²) in [5, 5.41) is 8.60. The van der Waals surface area contributed by atoms with Crippen LogP contribution in [0.5, 0.6) is 0 Å². The Morgan fingerprint density at radius 2 is 1.90 bits per heavy atom. The number of aromatic nitrogens is 1. The molecule has 0 bridgehead atoms. The van der Waals surface area contributed by atoms with Crippen molar-refractivity contribution in [3.8, 4) is 17.3 Å².